The van der Waals surface area contributed by atoms with Gasteiger partial charge in [0.25, 0.3) is 0 Å². The first-order chi connectivity index (χ1) is 10.6. The first kappa shape index (κ1) is 18.6. The van der Waals surface area contributed by atoms with E-state index >= 15 is 0 Å². The van der Waals surface area contributed by atoms with Crippen molar-refractivity contribution in [3.63, 3.8) is 0 Å². The van der Waals surface area contributed by atoms with E-state index in [0.717, 1.165) is 17.4 Å². The lowest BCUT2D eigenvalue weighted by Crippen LogP contribution is -2.41. The number of rotatable bonds is 6. The molecule has 2 atom stereocenters. The van der Waals surface area contributed by atoms with Crippen molar-refractivity contribution in [1.29, 1.82) is 0 Å². The SMILES string of the molecule is CC(CNS(=O)[O-])Cc1ccccc1B1OC(C)(C)C(C)(C)O1. The fourth-order valence-electron chi connectivity index (χ4n) is 2.58. The van der Waals surface area contributed by atoms with Crippen LogP contribution in [0, 0.1) is 5.92 Å². The quantitative estimate of drug-likeness (QED) is 0.631. The van der Waals surface area contributed by atoms with Gasteiger partial charge in [0.2, 0.25) is 0 Å². The van der Waals surface area contributed by atoms with Crippen LogP contribution in [0.15, 0.2) is 24.3 Å². The van der Waals surface area contributed by atoms with E-state index in [0.29, 0.717) is 6.54 Å². The highest BCUT2D eigenvalue weighted by Gasteiger charge is 2.52. The number of nitrogens with one attached hydrogen (secondary N) is 1. The molecule has 0 saturated carbocycles. The molecule has 0 aromatic heterocycles. The van der Waals surface area contributed by atoms with E-state index in [1.807, 2.05) is 58.9 Å². The predicted molar refractivity (Wildman–Crippen MR) is 91.9 cm³/mol. The van der Waals surface area contributed by atoms with Crippen LogP contribution < -0.4 is 10.2 Å². The average molecular weight is 338 g/mol. The van der Waals surface area contributed by atoms with Crippen molar-refractivity contribution in [2.75, 3.05) is 6.54 Å². The topological polar surface area (TPSA) is 70.6 Å². The van der Waals surface area contributed by atoms with E-state index in [9.17, 15) is 8.76 Å². The van der Waals surface area contributed by atoms with E-state index < -0.39 is 18.4 Å². The Balaban J connectivity index is 2.14. The second-order valence-electron chi connectivity index (χ2n) is 7.18. The Morgan fingerprint density at radius 1 is 1.22 bits per heavy atom. The van der Waals surface area contributed by atoms with Gasteiger partial charge in [0.15, 0.2) is 0 Å². The first-order valence-corrected chi connectivity index (χ1v) is 8.96. The Kier molecular flexibility index (Phi) is 5.69. The molecular formula is C16H25BNO4S-. The smallest absolute Gasteiger partial charge is 0.495 e. The summed E-state index contributed by atoms with van der Waals surface area (Å²) in [6.45, 7) is 10.6. The van der Waals surface area contributed by atoms with Gasteiger partial charge in [-0.3, -0.25) is 4.21 Å². The fourth-order valence-corrected chi connectivity index (χ4v) is 3.00. The molecule has 1 aromatic carbocycles. The van der Waals surface area contributed by atoms with Gasteiger partial charge >= 0.3 is 7.12 Å². The maximum atomic E-state index is 10.6. The second kappa shape index (κ2) is 7.03. The molecule has 7 heteroatoms. The largest absolute Gasteiger partial charge is 0.760 e. The molecule has 0 aliphatic carbocycles. The molecule has 1 aliphatic rings. The molecule has 0 radical (unpaired) electrons. The maximum absolute atomic E-state index is 10.6. The maximum Gasteiger partial charge on any atom is 0.495 e. The van der Waals surface area contributed by atoms with Crippen molar-refractivity contribution in [2.45, 2.75) is 52.2 Å². The number of benzene rings is 1. The lowest BCUT2D eigenvalue weighted by molar-refractivity contribution is 0.00578. The first-order valence-electron chi connectivity index (χ1n) is 7.88. The minimum atomic E-state index is -2.22. The number of hydrogen-bond donors (Lipinski definition) is 1. The van der Waals surface area contributed by atoms with Crippen LogP contribution in [0.25, 0.3) is 0 Å². The van der Waals surface area contributed by atoms with Crippen molar-refractivity contribution in [3.05, 3.63) is 29.8 Å². The summed E-state index contributed by atoms with van der Waals surface area (Å²) in [6, 6.07) is 8.02. The molecule has 23 heavy (non-hydrogen) atoms. The van der Waals surface area contributed by atoms with Gasteiger partial charge < -0.3 is 13.9 Å². The summed E-state index contributed by atoms with van der Waals surface area (Å²) in [6.07, 6.45) is 0.754. The van der Waals surface area contributed by atoms with Crippen molar-refractivity contribution in [3.8, 4) is 0 Å². The van der Waals surface area contributed by atoms with Crippen LogP contribution in [0.1, 0.15) is 40.2 Å². The summed E-state index contributed by atoms with van der Waals surface area (Å²) < 4.78 is 36.0. The highest BCUT2D eigenvalue weighted by Crippen LogP contribution is 2.36. The minimum absolute atomic E-state index is 0.177. The third kappa shape index (κ3) is 4.42. The van der Waals surface area contributed by atoms with Gasteiger partial charge in [-0.15, -0.1) is 0 Å². The Labute approximate surface area is 141 Å². The summed E-state index contributed by atoms with van der Waals surface area (Å²) in [5, 5.41) is 0. The lowest BCUT2D eigenvalue weighted by atomic mass is 9.74. The molecule has 2 rings (SSSR count). The third-order valence-corrected chi connectivity index (χ3v) is 5.08. The van der Waals surface area contributed by atoms with Gasteiger partial charge in [0.05, 0.1) is 11.2 Å². The highest BCUT2D eigenvalue weighted by molar-refractivity contribution is 7.77. The van der Waals surface area contributed by atoms with Gasteiger partial charge in [-0.1, -0.05) is 31.2 Å². The van der Waals surface area contributed by atoms with E-state index in [-0.39, 0.29) is 17.1 Å². The zero-order valence-electron chi connectivity index (χ0n) is 14.4. The van der Waals surface area contributed by atoms with E-state index in [1.54, 1.807) is 0 Å². The third-order valence-electron chi connectivity index (χ3n) is 4.68. The van der Waals surface area contributed by atoms with Crippen molar-refractivity contribution < 1.29 is 18.1 Å². The molecule has 2 unspecified atom stereocenters. The Bertz CT molecular complexity index is 563. The molecule has 1 aromatic rings. The van der Waals surface area contributed by atoms with Gasteiger partial charge in [-0.2, -0.15) is 0 Å². The lowest BCUT2D eigenvalue weighted by Gasteiger charge is -2.32. The number of hydrogen-bond acceptors (Lipinski definition) is 4. The zero-order chi connectivity index (χ0) is 17.3. The van der Waals surface area contributed by atoms with Gasteiger partial charge in [0.1, 0.15) is 0 Å². The molecule has 1 aliphatic heterocycles. The molecule has 5 nitrogen and oxygen atoms in total. The normalized spacial score (nSPS) is 22.1. The summed E-state index contributed by atoms with van der Waals surface area (Å²) in [7, 11) is -0.398. The van der Waals surface area contributed by atoms with Crippen LogP contribution >= 0.6 is 0 Å². The summed E-state index contributed by atoms with van der Waals surface area (Å²) in [5.41, 5.74) is 1.38. The molecule has 128 valence electrons. The average Bonchev–Trinajstić information content (AvgIpc) is 2.65. The summed E-state index contributed by atoms with van der Waals surface area (Å²) >= 11 is -2.22. The minimum Gasteiger partial charge on any atom is -0.760 e. The van der Waals surface area contributed by atoms with Crippen LogP contribution in [-0.2, 0) is 27.0 Å². The van der Waals surface area contributed by atoms with Crippen LogP contribution in [0.3, 0.4) is 0 Å². The van der Waals surface area contributed by atoms with E-state index in [4.69, 9.17) is 9.31 Å². The molecule has 0 bridgehead atoms. The van der Waals surface area contributed by atoms with Crippen LogP contribution in [-0.4, -0.2) is 33.6 Å². The predicted octanol–water partition coefficient (Wildman–Crippen LogP) is 1.55. The molecule has 0 amide bonds. The Hall–Kier alpha value is -0.725. The molecule has 0 spiro atoms. The van der Waals surface area contributed by atoms with Crippen LogP contribution in [0.4, 0.5) is 0 Å². The zero-order valence-corrected chi connectivity index (χ0v) is 15.2. The Morgan fingerprint density at radius 2 is 1.78 bits per heavy atom. The van der Waals surface area contributed by atoms with Crippen molar-refractivity contribution in [2.24, 2.45) is 5.92 Å². The van der Waals surface area contributed by atoms with E-state index in [2.05, 4.69) is 4.72 Å². The van der Waals surface area contributed by atoms with Gasteiger partial charge in [0, 0.05) is 17.8 Å². The molecular weight excluding hydrogens is 313 g/mol. The molecule has 1 N–H and O–H groups in total. The van der Waals surface area contributed by atoms with Crippen molar-refractivity contribution in [1.82, 2.24) is 4.72 Å². The monoisotopic (exact) mass is 338 g/mol. The van der Waals surface area contributed by atoms with Gasteiger partial charge in [-0.25, -0.2) is 4.72 Å². The molecule has 1 saturated heterocycles. The van der Waals surface area contributed by atoms with Crippen LogP contribution in [0.2, 0.25) is 0 Å². The summed E-state index contributed by atoms with van der Waals surface area (Å²) in [4.78, 5) is 0. The standard InChI is InChI=1S/C16H26BNO4S/c1-12(11-18-23(19)20)10-13-8-6-7-9-14(13)17-21-15(2,3)16(4,5)22-17/h6-9,12,18H,10-11H2,1-5H3,(H,19,20)/p-1. The van der Waals surface area contributed by atoms with Crippen LogP contribution in [0.5, 0.6) is 0 Å². The Morgan fingerprint density at radius 3 is 2.35 bits per heavy atom. The fraction of sp³-hybridized carbons (Fsp3) is 0.625. The summed E-state index contributed by atoms with van der Waals surface area (Å²) in [5.74, 6) is 0.177. The molecule has 1 fully saturated rings. The second-order valence-corrected chi connectivity index (χ2v) is 7.94. The molecule has 1 heterocycles. The van der Waals surface area contributed by atoms with Crippen molar-refractivity contribution >= 4 is 23.8 Å². The van der Waals surface area contributed by atoms with Gasteiger partial charge in [-0.05, 0) is 51.1 Å². The van der Waals surface area contributed by atoms with E-state index in [1.165, 1.54) is 0 Å². The highest BCUT2D eigenvalue weighted by atomic mass is 32.2.